The molecule has 2 heterocycles. The van der Waals surface area contributed by atoms with Crippen molar-refractivity contribution in [1.29, 1.82) is 0 Å². The predicted molar refractivity (Wildman–Crippen MR) is 88.0 cm³/mol. The van der Waals surface area contributed by atoms with Crippen LogP contribution in [0.15, 0.2) is 34.7 Å². The van der Waals surface area contributed by atoms with E-state index in [0.29, 0.717) is 17.7 Å². The minimum Gasteiger partial charge on any atom is -0.424 e. The summed E-state index contributed by atoms with van der Waals surface area (Å²) >= 11 is 0. The summed E-state index contributed by atoms with van der Waals surface area (Å²) in [7, 11) is 0. The van der Waals surface area contributed by atoms with Crippen molar-refractivity contribution in [3.8, 4) is 0 Å². The van der Waals surface area contributed by atoms with E-state index in [1.165, 1.54) is 5.56 Å². The Kier molecular flexibility index (Phi) is 5.41. The molecule has 1 aromatic carbocycles. The first-order chi connectivity index (χ1) is 11.3. The third kappa shape index (κ3) is 4.18. The van der Waals surface area contributed by atoms with Crippen LogP contribution in [0.1, 0.15) is 56.1 Å². The lowest BCUT2D eigenvalue weighted by atomic mass is 9.93. The molecule has 0 radical (unpaired) electrons. The zero-order chi connectivity index (χ0) is 16.1. The van der Waals surface area contributed by atoms with Gasteiger partial charge in [-0.05, 0) is 31.2 Å². The summed E-state index contributed by atoms with van der Waals surface area (Å²) < 4.78 is 11.2. The summed E-state index contributed by atoms with van der Waals surface area (Å²) in [6, 6.07) is 10.8. The molecule has 1 N–H and O–H groups in total. The van der Waals surface area contributed by atoms with Gasteiger partial charge in [0, 0.05) is 25.7 Å². The van der Waals surface area contributed by atoms with E-state index < -0.39 is 0 Å². The van der Waals surface area contributed by atoms with Gasteiger partial charge in [0.15, 0.2) is 0 Å². The fraction of sp³-hybridized carbons (Fsp3) is 0.556. The van der Waals surface area contributed by atoms with E-state index in [9.17, 15) is 0 Å². The Morgan fingerprint density at radius 1 is 1.26 bits per heavy atom. The van der Waals surface area contributed by atoms with Gasteiger partial charge >= 0.3 is 0 Å². The van der Waals surface area contributed by atoms with Gasteiger partial charge < -0.3 is 9.15 Å². The molecule has 3 atom stereocenters. The van der Waals surface area contributed by atoms with Crippen molar-refractivity contribution < 1.29 is 9.15 Å². The van der Waals surface area contributed by atoms with Crippen LogP contribution in [0.3, 0.4) is 0 Å². The van der Waals surface area contributed by atoms with Crippen molar-refractivity contribution >= 4 is 0 Å². The minimum atomic E-state index is 0.0235. The molecule has 1 aromatic heterocycles. The molecule has 0 unspecified atom stereocenters. The van der Waals surface area contributed by atoms with Crippen LogP contribution in [0.25, 0.3) is 0 Å². The first-order valence-electron chi connectivity index (χ1n) is 8.47. The predicted octanol–water partition coefficient (Wildman–Crippen LogP) is 3.45. The molecule has 1 aliphatic heterocycles. The van der Waals surface area contributed by atoms with Crippen LogP contribution in [0.5, 0.6) is 0 Å². The van der Waals surface area contributed by atoms with Gasteiger partial charge in [0.1, 0.15) is 0 Å². The highest BCUT2D eigenvalue weighted by Gasteiger charge is 2.24. The number of nitrogens with zero attached hydrogens (tertiary/aromatic N) is 2. The Bertz CT molecular complexity index is 593. The standard InChI is InChI=1S/C18H25N3O2/c1-3-17-20-21-18(23-17)13(2)19-16(11-14-9-10-22-12-14)15-7-5-4-6-8-15/h4-8,13-14,16,19H,3,9-12H2,1-2H3/t13-,14-,16-/m0/s1. The highest BCUT2D eigenvalue weighted by atomic mass is 16.5. The van der Waals surface area contributed by atoms with Gasteiger partial charge in [-0.2, -0.15) is 0 Å². The zero-order valence-corrected chi connectivity index (χ0v) is 13.9. The van der Waals surface area contributed by atoms with Gasteiger partial charge in [-0.15, -0.1) is 10.2 Å². The second-order valence-electron chi connectivity index (χ2n) is 6.20. The minimum absolute atomic E-state index is 0.0235. The van der Waals surface area contributed by atoms with Crippen LogP contribution in [0, 0.1) is 5.92 Å². The number of nitrogens with one attached hydrogen (secondary N) is 1. The second-order valence-corrected chi connectivity index (χ2v) is 6.20. The molecule has 5 nitrogen and oxygen atoms in total. The van der Waals surface area contributed by atoms with E-state index in [1.807, 2.05) is 13.0 Å². The molecule has 124 valence electrons. The number of aryl methyl sites for hydroxylation is 1. The van der Waals surface area contributed by atoms with E-state index in [0.717, 1.165) is 32.5 Å². The van der Waals surface area contributed by atoms with Gasteiger partial charge in [-0.3, -0.25) is 5.32 Å². The van der Waals surface area contributed by atoms with Gasteiger partial charge in [-0.1, -0.05) is 37.3 Å². The number of aromatic nitrogens is 2. The monoisotopic (exact) mass is 315 g/mol. The normalized spacial score (nSPS) is 20.5. The van der Waals surface area contributed by atoms with Crippen molar-refractivity contribution in [2.24, 2.45) is 5.92 Å². The lowest BCUT2D eigenvalue weighted by Crippen LogP contribution is -2.27. The molecule has 1 aliphatic rings. The average Bonchev–Trinajstić information content (AvgIpc) is 3.26. The highest BCUT2D eigenvalue weighted by molar-refractivity contribution is 5.19. The summed E-state index contributed by atoms with van der Waals surface area (Å²) in [5.41, 5.74) is 1.29. The summed E-state index contributed by atoms with van der Waals surface area (Å²) in [6.07, 6.45) is 2.96. The summed E-state index contributed by atoms with van der Waals surface area (Å²) in [5, 5.41) is 11.9. The molecule has 2 aromatic rings. The number of hydrogen-bond acceptors (Lipinski definition) is 5. The van der Waals surface area contributed by atoms with Crippen LogP contribution in [-0.2, 0) is 11.2 Å². The Labute approximate surface area is 137 Å². The number of benzene rings is 1. The third-order valence-electron chi connectivity index (χ3n) is 4.40. The molecule has 0 saturated carbocycles. The van der Waals surface area contributed by atoms with E-state index in [2.05, 4.69) is 46.7 Å². The Balaban J connectivity index is 1.71. The molecule has 0 aliphatic carbocycles. The Morgan fingerprint density at radius 3 is 2.74 bits per heavy atom. The van der Waals surface area contributed by atoms with Gasteiger partial charge in [0.2, 0.25) is 11.8 Å². The highest BCUT2D eigenvalue weighted by Crippen LogP contribution is 2.28. The van der Waals surface area contributed by atoms with E-state index >= 15 is 0 Å². The molecule has 0 amide bonds. The fourth-order valence-electron chi connectivity index (χ4n) is 3.05. The molecule has 0 spiro atoms. The smallest absolute Gasteiger partial charge is 0.233 e. The van der Waals surface area contributed by atoms with E-state index in [1.54, 1.807) is 0 Å². The zero-order valence-electron chi connectivity index (χ0n) is 13.9. The number of rotatable bonds is 7. The van der Waals surface area contributed by atoms with Gasteiger partial charge in [0.25, 0.3) is 0 Å². The van der Waals surface area contributed by atoms with Crippen LogP contribution < -0.4 is 5.32 Å². The molecule has 5 heteroatoms. The van der Waals surface area contributed by atoms with Crippen LogP contribution in [0.4, 0.5) is 0 Å². The Hall–Kier alpha value is -1.72. The van der Waals surface area contributed by atoms with Crippen molar-refractivity contribution in [2.45, 2.75) is 45.2 Å². The lowest BCUT2D eigenvalue weighted by molar-refractivity contribution is 0.180. The first-order valence-corrected chi connectivity index (χ1v) is 8.47. The molecule has 1 fully saturated rings. The number of hydrogen-bond donors (Lipinski definition) is 1. The van der Waals surface area contributed by atoms with E-state index in [4.69, 9.17) is 9.15 Å². The maximum absolute atomic E-state index is 5.69. The average molecular weight is 315 g/mol. The van der Waals surface area contributed by atoms with Gasteiger partial charge in [0.05, 0.1) is 6.04 Å². The van der Waals surface area contributed by atoms with Crippen LogP contribution >= 0.6 is 0 Å². The van der Waals surface area contributed by atoms with Gasteiger partial charge in [-0.25, -0.2) is 0 Å². The quantitative estimate of drug-likeness (QED) is 0.848. The summed E-state index contributed by atoms with van der Waals surface area (Å²) in [4.78, 5) is 0. The maximum Gasteiger partial charge on any atom is 0.233 e. The van der Waals surface area contributed by atoms with Crippen molar-refractivity contribution in [3.05, 3.63) is 47.7 Å². The topological polar surface area (TPSA) is 60.2 Å². The van der Waals surface area contributed by atoms with Crippen LogP contribution in [0.2, 0.25) is 0 Å². The largest absolute Gasteiger partial charge is 0.424 e. The fourth-order valence-corrected chi connectivity index (χ4v) is 3.05. The molecule has 23 heavy (non-hydrogen) atoms. The molecule has 1 saturated heterocycles. The molecular weight excluding hydrogens is 290 g/mol. The lowest BCUT2D eigenvalue weighted by Gasteiger charge is -2.24. The maximum atomic E-state index is 5.69. The summed E-state index contributed by atoms with van der Waals surface area (Å²) in [5.74, 6) is 1.95. The molecule has 3 rings (SSSR count). The SMILES string of the molecule is CCc1nnc([C@H](C)N[C@@H](C[C@@H]2CCOC2)c2ccccc2)o1. The van der Waals surface area contributed by atoms with Crippen LogP contribution in [-0.4, -0.2) is 23.4 Å². The van der Waals surface area contributed by atoms with Crippen molar-refractivity contribution in [2.75, 3.05) is 13.2 Å². The second kappa shape index (κ2) is 7.70. The molecular formula is C18H25N3O2. The van der Waals surface area contributed by atoms with E-state index in [-0.39, 0.29) is 12.1 Å². The Morgan fingerprint density at radius 2 is 2.09 bits per heavy atom. The summed E-state index contributed by atoms with van der Waals surface area (Å²) in [6.45, 7) is 5.83. The number of ether oxygens (including phenoxy) is 1. The molecule has 0 bridgehead atoms. The third-order valence-corrected chi connectivity index (χ3v) is 4.40. The van der Waals surface area contributed by atoms with Crippen molar-refractivity contribution in [3.63, 3.8) is 0 Å². The van der Waals surface area contributed by atoms with Crippen molar-refractivity contribution in [1.82, 2.24) is 15.5 Å². The first kappa shape index (κ1) is 16.1.